The number of likely N-dealkylation sites (N-methyl/N-ethyl adjacent to an activating group) is 1. The van der Waals surface area contributed by atoms with E-state index < -0.39 is 0 Å². The van der Waals surface area contributed by atoms with Crippen LogP contribution >= 0.6 is 0 Å². The van der Waals surface area contributed by atoms with Gasteiger partial charge >= 0.3 is 0 Å². The molecular formula is C13H21FN4. The second-order valence-corrected chi connectivity index (χ2v) is 5.24. The summed E-state index contributed by atoms with van der Waals surface area (Å²) in [5.74, 6) is 5.41. The molecule has 1 heterocycles. The van der Waals surface area contributed by atoms with Crippen molar-refractivity contribution in [2.75, 3.05) is 14.1 Å². The van der Waals surface area contributed by atoms with Crippen LogP contribution in [0.15, 0.2) is 18.5 Å². The van der Waals surface area contributed by atoms with Gasteiger partial charge in [-0.05, 0) is 38.6 Å². The zero-order chi connectivity index (χ0) is 13.2. The Morgan fingerprint density at radius 3 is 2.56 bits per heavy atom. The predicted molar refractivity (Wildman–Crippen MR) is 69.1 cm³/mol. The van der Waals surface area contributed by atoms with Crippen molar-refractivity contribution >= 4 is 0 Å². The maximum absolute atomic E-state index is 13.3. The Balaban J connectivity index is 2.37. The zero-order valence-corrected chi connectivity index (χ0v) is 11.0. The Morgan fingerprint density at radius 1 is 1.39 bits per heavy atom. The van der Waals surface area contributed by atoms with E-state index in [1.54, 1.807) is 6.20 Å². The molecule has 1 unspecified atom stereocenters. The van der Waals surface area contributed by atoms with E-state index in [4.69, 9.17) is 5.84 Å². The molecule has 1 aromatic rings. The minimum atomic E-state index is -0.320. The molecule has 0 saturated heterocycles. The molecule has 1 aromatic heterocycles. The number of nitrogens with zero attached hydrogens (tertiary/aromatic N) is 2. The fourth-order valence-corrected chi connectivity index (χ4v) is 3.13. The minimum absolute atomic E-state index is 0.0514. The van der Waals surface area contributed by atoms with Crippen LogP contribution in [0, 0.1) is 5.82 Å². The molecule has 0 bridgehead atoms. The molecule has 0 aliphatic heterocycles. The van der Waals surface area contributed by atoms with Gasteiger partial charge in [0.2, 0.25) is 0 Å². The molecule has 1 fully saturated rings. The van der Waals surface area contributed by atoms with Crippen molar-refractivity contribution in [2.45, 2.75) is 37.3 Å². The third-order valence-electron chi connectivity index (χ3n) is 4.12. The van der Waals surface area contributed by atoms with Crippen LogP contribution in [0.3, 0.4) is 0 Å². The molecule has 1 saturated carbocycles. The van der Waals surface area contributed by atoms with Gasteiger partial charge < -0.3 is 4.90 Å². The van der Waals surface area contributed by atoms with Crippen LogP contribution in [0.4, 0.5) is 4.39 Å². The van der Waals surface area contributed by atoms with Crippen LogP contribution in [0.25, 0.3) is 0 Å². The van der Waals surface area contributed by atoms with Crippen LogP contribution in [-0.4, -0.2) is 29.5 Å². The summed E-state index contributed by atoms with van der Waals surface area (Å²) in [6, 6.07) is 1.42. The predicted octanol–water partition coefficient (Wildman–Crippen LogP) is 1.60. The first kappa shape index (κ1) is 13.4. The second kappa shape index (κ2) is 5.30. The maximum Gasteiger partial charge on any atom is 0.141 e. The number of rotatable bonds is 4. The molecule has 1 aliphatic carbocycles. The molecule has 18 heavy (non-hydrogen) atoms. The largest absolute Gasteiger partial charge is 0.302 e. The van der Waals surface area contributed by atoms with Gasteiger partial charge in [0.1, 0.15) is 5.82 Å². The minimum Gasteiger partial charge on any atom is -0.302 e. The normalized spacial score (nSPS) is 20.3. The van der Waals surface area contributed by atoms with Gasteiger partial charge in [0.25, 0.3) is 0 Å². The molecule has 5 heteroatoms. The number of hydrazine groups is 1. The highest BCUT2D eigenvalue weighted by molar-refractivity contribution is 5.21. The van der Waals surface area contributed by atoms with E-state index in [0.717, 1.165) is 18.4 Å². The van der Waals surface area contributed by atoms with Crippen molar-refractivity contribution in [1.82, 2.24) is 15.3 Å². The van der Waals surface area contributed by atoms with E-state index in [9.17, 15) is 4.39 Å². The monoisotopic (exact) mass is 252 g/mol. The molecule has 4 nitrogen and oxygen atoms in total. The summed E-state index contributed by atoms with van der Waals surface area (Å²) in [4.78, 5) is 6.13. The number of aromatic nitrogens is 1. The van der Waals surface area contributed by atoms with Crippen molar-refractivity contribution in [1.29, 1.82) is 0 Å². The summed E-state index contributed by atoms with van der Waals surface area (Å²) >= 11 is 0. The third kappa shape index (κ3) is 2.25. The standard InChI is InChI=1S/C13H21FN4/c1-18(2)13(5-3-4-6-13)12(17-15)10-7-11(14)9-16-8-10/h7-9,12,17H,3-6,15H2,1-2H3. The maximum atomic E-state index is 13.3. The number of pyridine rings is 1. The molecule has 0 radical (unpaired) electrons. The Bertz CT molecular complexity index is 402. The van der Waals surface area contributed by atoms with Crippen molar-refractivity contribution in [3.8, 4) is 0 Å². The van der Waals surface area contributed by atoms with E-state index in [2.05, 4.69) is 29.4 Å². The highest BCUT2D eigenvalue weighted by Gasteiger charge is 2.43. The van der Waals surface area contributed by atoms with Crippen LogP contribution < -0.4 is 11.3 Å². The smallest absolute Gasteiger partial charge is 0.141 e. The first-order valence-electron chi connectivity index (χ1n) is 6.34. The lowest BCUT2D eigenvalue weighted by Crippen LogP contribution is -2.53. The van der Waals surface area contributed by atoms with Crippen molar-refractivity contribution in [3.63, 3.8) is 0 Å². The fourth-order valence-electron chi connectivity index (χ4n) is 3.13. The molecule has 1 aliphatic rings. The molecule has 2 rings (SSSR count). The number of halogens is 1. The lowest BCUT2D eigenvalue weighted by molar-refractivity contribution is 0.104. The fraction of sp³-hybridized carbons (Fsp3) is 0.615. The Morgan fingerprint density at radius 2 is 2.06 bits per heavy atom. The van der Waals surface area contributed by atoms with E-state index in [0.29, 0.717) is 0 Å². The Hall–Kier alpha value is -1.04. The van der Waals surface area contributed by atoms with Gasteiger partial charge in [0.15, 0.2) is 0 Å². The molecule has 100 valence electrons. The lowest BCUT2D eigenvalue weighted by atomic mass is 9.83. The molecule has 0 spiro atoms. The topological polar surface area (TPSA) is 54.2 Å². The molecule has 1 atom stereocenters. The third-order valence-corrected chi connectivity index (χ3v) is 4.12. The SMILES string of the molecule is CN(C)C1(C(NN)c2cncc(F)c2)CCCC1. The highest BCUT2D eigenvalue weighted by Crippen LogP contribution is 2.42. The molecular weight excluding hydrogens is 231 g/mol. The summed E-state index contributed by atoms with van der Waals surface area (Å²) < 4.78 is 13.3. The summed E-state index contributed by atoms with van der Waals surface area (Å²) in [6.45, 7) is 0. The molecule has 3 N–H and O–H groups in total. The van der Waals surface area contributed by atoms with Crippen LogP contribution in [0.2, 0.25) is 0 Å². The van der Waals surface area contributed by atoms with Gasteiger partial charge in [-0.3, -0.25) is 16.3 Å². The highest BCUT2D eigenvalue weighted by atomic mass is 19.1. The first-order chi connectivity index (χ1) is 8.60. The van der Waals surface area contributed by atoms with Crippen molar-refractivity contribution < 1.29 is 4.39 Å². The van der Waals surface area contributed by atoms with Crippen molar-refractivity contribution in [3.05, 3.63) is 29.8 Å². The number of nitrogens with one attached hydrogen (secondary N) is 1. The lowest BCUT2D eigenvalue weighted by Gasteiger charge is -2.43. The van der Waals surface area contributed by atoms with Gasteiger partial charge in [0.05, 0.1) is 12.2 Å². The number of nitrogens with two attached hydrogens (primary N) is 1. The molecule has 0 aromatic carbocycles. The first-order valence-corrected chi connectivity index (χ1v) is 6.34. The van der Waals surface area contributed by atoms with E-state index in [1.165, 1.54) is 25.1 Å². The quantitative estimate of drug-likeness (QED) is 0.631. The average Bonchev–Trinajstić information content (AvgIpc) is 2.81. The average molecular weight is 252 g/mol. The van der Waals surface area contributed by atoms with Crippen LogP contribution in [0.5, 0.6) is 0 Å². The Kier molecular flexibility index (Phi) is 3.94. The van der Waals surface area contributed by atoms with E-state index in [-0.39, 0.29) is 17.4 Å². The van der Waals surface area contributed by atoms with E-state index in [1.807, 2.05) is 0 Å². The summed E-state index contributed by atoms with van der Waals surface area (Å²) in [5.41, 5.74) is 3.62. The summed E-state index contributed by atoms with van der Waals surface area (Å²) in [5, 5.41) is 0. The van der Waals surface area contributed by atoms with Gasteiger partial charge in [-0.1, -0.05) is 12.8 Å². The van der Waals surface area contributed by atoms with E-state index >= 15 is 0 Å². The van der Waals surface area contributed by atoms with Crippen LogP contribution in [-0.2, 0) is 0 Å². The summed E-state index contributed by atoms with van der Waals surface area (Å²) in [7, 11) is 4.12. The number of hydrogen-bond donors (Lipinski definition) is 2. The van der Waals surface area contributed by atoms with Crippen molar-refractivity contribution in [2.24, 2.45) is 5.84 Å². The van der Waals surface area contributed by atoms with Gasteiger partial charge in [-0.15, -0.1) is 0 Å². The summed E-state index contributed by atoms with van der Waals surface area (Å²) in [6.07, 6.45) is 7.39. The Labute approximate surface area is 107 Å². The van der Waals surface area contributed by atoms with Gasteiger partial charge in [-0.25, -0.2) is 4.39 Å². The van der Waals surface area contributed by atoms with Gasteiger partial charge in [0, 0.05) is 11.7 Å². The second-order valence-electron chi connectivity index (χ2n) is 5.24. The number of hydrogen-bond acceptors (Lipinski definition) is 4. The molecule has 0 amide bonds. The zero-order valence-electron chi connectivity index (χ0n) is 11.0. The van der Waals surface area contributed by atoms with Crippen LogP contribution in [0.1, 0.15) is 37.3 Å². The van der Waals surface area contributed by atoms with Gasteiger partial charge in [-0.2, -0.15) is 0 Å².